The first kappa shape index (κ1) is 58.7. The van der Waals surface area contributed by atoms with Gasteiger partial charge < -0.3 is 32.3 Å². The third-order valence-corrected chi connectivity index (χ3v) is 24.2. The number of hydrogen-bond acceptors (Lipinski definition) is 10. The van der Waals surface area contributed by atoms with E-state index in [2.05, 4.69) is 271 Å². The van der Waals surface area contributed by atoms with Crippen molar-refractivity contribution in [1.82, 2.24) is 0 Å². The van der Waals surface area contributed by atoms with Gasteiger partial charge in [0.1, 0.15) is 11.2 Å². The van der Waals surface area contributed by atoms with E-state index in [1.54, 1.807) is 0 Å². The maximum absolute atomic E-state index is 6.44. The van der Waals surface area contributed by atoms with E-state index >= 15 is 0 Å². The highest BCUT2D eigenvalue weighted by molar-refractivity contribution is 7.27. The topological polar surface area (TPSA) is 68.5 Å². The van der Waals surface area contributed by atoms with Gasteiger partial charge in [0, 0.05) is 65.9 Å². The van der Waals surface area contributed by atoms with Crippen LogP contribution in [-0.2, 0) is 27.9 Å². The maximum atomic E-state index is 6.44. The fourth-order valence-corrected chi connectivity index (χ4v) is 17.1. The van der Waals surface area contributed by atoms with Crippen molar-refractivity contribution in [3.05, 3.63) is 200 Å². The molecule has 0 radical (unpaired) electrons. The van der Waals surface area contributed by atoms with E-state index in [1.807, 2.05) is 46.1 Å². The third kappa shape index (κ3) is 9.51. The summed E-state index contributed by atoms with van der Waals surface area (Å²) in [6.45, 7) is 25.2. The number of fused-ring (bicyclic) bond motifs is 18. The molecule has 15 aromatic rings. The Hall–Kier alpha value is -7.39. The predicted molar refractivity (Wildman–Crippen MR) is 390 cm³/mol. The van der Waals surface area contributed by atoms with Gasteiger partial charge in [-0.25, -0.2) is 0 Å². The van der Waals surface area contributed by atoms with Crippen LogP contribution >= 0.6 is 34.0 Å². The Morgan fingerprint density at radius 1 is 0.264 bits per heavy atom. The minimum absolute atomic E-state index is 0.343. The summed E-state index contributed by atoms with van der Waals surface area (Å²) in [6, 6.07) is 71.6. The van der Waals surface area contributed by atoms with E-state index < -0.39 is 18.3 Å². The van der Waals surface area contributed by atoms with Crippen LogP contribution in [0.1, 0.15) is 83.1 Å². The summed E-state index contributed by atoms with van der Waals surface area (Å²) < 4.78 is 52.7. The molecule has 0 saturated carbocycles. The predicted octanol–water partition coefficient (Wildman–Crippen LogP) is 20.1. The summed E-state index contributed by atoms with van der Waals surface area (Å²) in [6.07, 6.45) is 0. The Balaban J connectivity index is 0.000000113. The average Bonchev–Trinajstić information content (AvgIpc) is 1.64. The second kappa shape index (κ2) is 21.1. The molecule has 3 aliphatic rings. The molecule has 450 valence electrons. The van der Waals surface area contributed by atoms with E-state index in [1.165, 1.54) is 98.4 Å². The Kier molecular flexibility index (Phi) is 13.6. The molecule has 0 atom stereocenters. The minimum Gasteiger partial charge on any atom is -0.456 e. The fourth-order valence-electron chi connectivity index (χ4n) is 13.4. The highest BCUT2D eigenvalue weighted by Crippen LogP contribution is 2.46. The van der Waals surface area contributed by atoms with Gasteiger partial charge in [-0.1, -0.05) is 158 Å². The number of furan rings is 1. The highest BCUT2D eigenvalue weighted by Gasteiger charge is 2.54. The summed E-state index contributed by atoms with van der Waals surface area (Å²) in [7, 11) is -1.16. The Bertz CT molecular complexity index is 5410. The van der Waals surface area contributed by atoms with Gasteiger partial charge >= 0.3 is 21.4 Å². The van der Waals surface area contributed by atoms with Crippen LogP contribution in [0.5, 0.6) is 0 Å². The summed E-state index contributed by atoms with van der Waals surface area (Å²) in [4.78, 5) is 0. The third-order valence-electron chi connectivity index (χ3n) is 20.6. The molecule has 13 heteroatoms. The number of rotatable bonds is 4. The van der Waals surface area contributed by atoms with E-state index in [0.29, 0.717) is 0 Å². The minimum atomic E-state index is -0.452. The van der Waals surface area contributed by atoms with Crippen molar-refractivity contribution in [2.75, 3.05) is 0 Å². The van der Waals surface area contributed by atoms with Crippen LogP contribution in [0.15, 0.2) is 205 Å². The van der Waals surface area contributed by atoms with Gasteiger partial charge in [-0.2, -0.15) is 0 Å². The van der Waals surface area contributed by atoms with Gasteiger partial charge in [0.05, 0.1) is 33.6 Å². The Morgan fingerprint density at radius 3 is 1.35 bits per heavy atom. The van der Waals surface area contributed by atoms with Crippen molar-refractivity contribution in [2.45, 2.75) is 117 Å². The van der Waals surface area contributed by atoms with E-state index in [4.69, 9.17) is 32.3 Å². The van der Waals surface area contributed by atoms with Crippen LogP contribution in [0.3, 0.4) is 0 Å². The molecule has 3 aliphatic heterocycles. The second-order valence-electron chi connectivity index (χ2n) is 27.8. The molecule has 7 nitrogen and oxygen atoms in total. The SMILES string of the molecule is CC1(C)OB(c2cc3c4ccccc4sc3c3ccccc23)OC1(C)C.CC1(C)OB(c2cc3ccccc3c3sc4ccccc4c23)OC1(C)C.CC1(C)OB(c2cccc3oc4ccc(-c5ccc6sc7c8ccccc8ccc7c6c5)cc4c23)OC1(C)C. The Morgan fingerprint density at radius 2 is 0.714 bits per heavy atom. The standard InChI is InChI=1S/C34H27BO3S.2C22H21BO2S/c1-33(2)34(3,4)38-35(37-33)27-10-7-11-29-31(27)26-19-21(13-16-28(26)36-29)22-14-17-30-25(18-22)24-15-12-20-8-5-6-9-23(20)32(24)39-30;1-21(2)22(3,4)25-23(24-21)18-13-17-15-10-7-8-12-19(15)26-20(17)16-11-6-5-9-14(16)18;1-21(2)22(3,4)25-23(24-21)17-13-14-9-5-6-10-15(14)20-19(17)16-11-7-8-12-18(16)26-20/h5-19H,1-4H3;2*5-13H,1-4H3. The zero-order valence-electron chi connectivity index (χ0n) is 53.4. The molecule has 0 spiro atoms. The van der Waals surface area contributed by atoms with Crippen molar-refractivity contribution in [2.24, 2.45) is 0 Å². The molecule has 7 heterocycles. The zero-order chi connectivity index (χ0) is 62.7. The van der Waals surface area contributed by atoms with E-state index in [0.717, 1.165) is 43.9 Å². The quantitative estimate of drug-likeness (QED) is 0.163. The molecule has 11 aromatic carbocycles. The van der Waals surface area contributed by atoms with Crippen molar-refractivity contribution >= 4 is 187 Å². The van der Waals surface area contributed by atoms with Gasteiger partial charge in [0.25, 0.3) is 0 Å². The zero-order valence-corrected chi connectivity index (χ0v) is 55.8. The number of hydrogen-bond donors (Lipinski definition) is 0. The first-order valence-electron chi connectivity index (χ1n) is 31.6. The monoisotopic (exact) mass is 1250 g/mol. The van der Waals surface area contributed by atoms with Crippen LogP contribution < -0.4 is 16.4 Å². The Labute approximate surface area is 543 Å². The molecule has 0 bridgehead atoms. The average molecular weight is 1250 g/mol. The van der Waals surface area contributed by atoms with Gasteiger partial charge in [-0.3, -0.25) is 0 Å². The molecule has 91 heavy (non-hydrogen) atoms. The maximum Gasteiger partial charge on any atom is 0.495 e. The molecule has 0 amide bonds. The lowest BCUT2D eigenvalue weighted by molar-refractivity contribution is 0.00578. The summed E-state index contributed by atoms with van der Waals surface area (Å²) in [5.74, 6) is 0. The van der Waals surface area contributed by atoms with Crippen LogP contribution in [0, 0.1) is 0 Å². The smallest absolute Gasteiger partial charge is 0.456 e. The summed E-state index contributed by atoms with van der Waals surface area (Å²) in [5, 5.41) is 17.5. The van der Waals surface area contributed by atoms with Crippen molar-refractivity contribution in [3.63, 3.8) is 0 Å². The summed E-state index contributed by atoms with van der Waals surface area (Å²) >= 11 is 5.59. The van der Waals surface area contributed by atoms with Gasteiger partial charge in [0.15, 0.2) is 0 Å². The highest BCUT2D eigenvalue weighted by atomic mass is 32.1. The van der Waals surface area contributed by atoms with Crippen LogP contribution in [0.4, 0.5) is 0 Å². The molecule has 0 unspecified atom stereocenters. The van der Waals surface area contributed by atoms with Gasteiger partial charge in [-0.15, -0.1) is 34.0 Å². The van der Waals surface area contributed by atoms with Crippen LogP contribution in [0.25, 0.3) is 126 Å². The molecule has 18 rings (SSSR count). The summed E-state index contributed by atoms with van der Waals surface area (Å²) in [5.41, 5.74) is 5.14. The van der Waals surface area contributed by atoms with E-state index in [-0.39, 0.29) is 36.6 Å². The molecule has 0 aliphatic carbocycles. The van der Waals surface area contributed by atoms with Crippen LogP contribution in [-0.4, -0.2) is 55.0 Å². The lowest BCUT2D eigenvalue weighted by Gasteiger charge is -2.32. The molecule has 3 fully saturated rings. The molecule has 3 saturated heterocycles. The lowest BCUT2D eigenvalue weighted by atomic mass is 9.75. The molecular formula is C78H69B3O7S3. The number of benzene rings is 11. The van der Waals surface area contributed by atoms with Gasteiger partial charge in [0.2, 0.25) is 0 Å². The van der Waals surface area contributed by atoms with Crippen molar-refractivity contribution in [1.29, 1.82) is 0 Å². The fraction of sp³-hybridized carbons (Fsp3) is 0.231. The first-order valence-corrected chi connectivity index (χ1v) is 34.0. The van der Waals surface area contributed by atoms with E-state index in [9.17, 15) is 0 Å². The molecular weight excluding hydrogens is 1180 g/mol. The first-order chi connectivity index (χ1) is 43.5. The second-order valence-corrected chi connectivity index (χ2v) is 30.9. The molecule has 0 N–H and O–H groups in total. The van der Waals surface area contributed by atoms with Crippen molar-refractivity contribution < 1.29 is 32.3 Å². The normalized spacial score (nSPS) is 18.1. The van der Waals surface area contributed by atoms with Gasteiger partial charge in [-0.05, 0) is 191 Å². The van der Waals surface area contributed by atoms with Crippen molar-refractivity contribution in [3.8, 4) is 11.1 Å². The largest absolute Gasteiger partial charge is 0.495 e. The lowest BCUT2D eigenvalue weighted by Crippen LogP contribution is -2.41. The number of thiophene rings is 3. The van der Waals surface area contributed by atoms with Crippen LogP contribution in [0.2, 0.25) is 0 Å². The molecule has 4 aromatic heterocycles.